The lowest BCUT2D eigenvalue weighted by molar-refractivity contribution is -0.121. The van der Waals surface area contributed by atoms with Gasteiger partial charge in [-0.2, -0.15) is 4.31 Å². The molecule has 0 radical (unpaired) electrons. The molecule has 1 aromatic heterocycles. The van der Waals surface area contributed by atoms with Gasteiger partial charge in [0.25, 0.3) is 0 Å². The molecule has 1 N–H and O–H groups in total. The van der Waals surface area contributed by atoms with Gasteiger partial charge in [-0.3, -0.25) is 9.78 Å². The maximum absolute atomic E-state index is 11.7. The first-order valence-corrected chi connectivity index (χ1v) is 8.39. The third-order valence-electron chi connectivity index (χ3n) is 2.74. The summed E-state index contributed by atoms with van der Waals surface area (Å²) in [5.41, 5.74) is 0.847. The lowest BCUT2D eigenvalue weighted by atomic mass is 10.2. The molecule has 112 valence electrons. The second kappa shape index (κ2) is 7.96. The van der Waals surface area contributed by atoms with E-state index in [2.05, 4.69) is 10.3 Å². The summed E-state index contributed by atoms with van der Waals surface area (Å²) < 4.78 is 24.8. The molecule has 1 rings (SSSR count). The number of nitrogens with one attached hydrogen (secondary N) is 1. The molecule has 20 heavy (non-hydrogen) atoms. The Balaban J connectivity index is 2.60. The summed E-state index contributed by atoms with van der Waals surface area (Å²) in [6.45, 7) is 3.01. The van der Waals surface area contributed by atoms with E-state index < -0.39 is 10.0 Å². The van der Waals surface area contributed by atoms with Gasteiger partial charge in [0.05, 0.1) is 6.26 Å². The molecule has 0 aliphatic carbocycles. The van der Waals surface area contributed by atoms with Crippen molar-refractivity contribution in [3.63, 3.8) is 0 Å². The van der Waals surface area contributed by atoms with E-state index in [1.165, 1.54) is 4.31 Å². The molecule has 6 nitrogen and oxygen atoms in total. The molecule has 0 aliphatic rings. The van der Waals surface area contributed by atoms with Crippen molar-refractivity contribution in [1.29, 1.82) is 0 Å². The van der Waals surface area contributed by atoms with Gasteiger partial charge in [-0.05, 0) is 24.1 Å². The molecule has 0 aromatic carbocycles. The maximum Gasteiger partial charge on any atom is 0.221 e. The van der Waals surface area contributed by atoms with E-state index in [1.807, 2.05) is 6.92 Å². The van der Waals surface area contributed by atoms with Crippen molar-refractivity contribution in [2.45, 2.75) is 26.3 Å². The smallest absolute Gasteiger partial charge is 0.221 e. The molecule has 1 heterocycles. The van der Waals surface area contributed by atoms with Gasteiger partial charge in [0.15, 0.2) is 0 Å². The van der Waals surface area contributed by atoms with E-state index in [-0.39, 0.29) is 25.4 Å². The Morgan fingerprint density at radius 3 is 2.55 bits per heavy atom. The number of rotatable bonds is 8. The zero-order valence-corrected chi connectivity index (χ0v) is 12.7. The number of carbonyl (C=O) groups excluding carboxylic acids is 1. The standard InChI is InChI=1S/C13H21N3O3S/c1-3-7-15-13(17)6-10-16(20(2,18)19)11-12-4-8-14-9-5-12/h4-5,8-9H,3,6-7,10-11H2,1-2H3,(H,15,17). The van der Waals surface area contributed by atoms with Gasteiger partial charge in [-0.25, -0.2) is 8.42 Å². The van der Waals surface area contributed by atoms with Crippen molar-refractivity contribution in [1.82, 2.24) is 14.6 Å². The first-order chi connectivity index (χ1) is 9.43. The fraction of sp³-hybridized carbons (Fsp3) is 0.538. The Morgan fingerprint density at radius 1 is 1.35 bits per heavy atom. The van der Waals surface area contributed by atoms with Crippen LogP contribution in [0.4, 0.5) is 0 Å². The summed E-state index contributed by atoms with van der Waals surface area (Å²) in [7, 11) is -3.35. The Kier molecular flexibility index (Phi) is 6.60. The number of nitrogens with zero attached hydrogens (tertiary/aromatic N) is 2. The van der Waals surface area contributed by atoms with Crippen molar-refractivity contribution < 1.29 is 13.2 Å². The Bertz CT molecular complexity index is 517. The van der Waals surface area contributed by atoms with Crippen LogP contribution in [0.5, 0.6) is 0 Å². The normalized spacial score (nSPS) is 11.6. The second-order valence-corrected chi connectivity index (χ2v) is 6.53. The van der Waals surface area contributed by atoms with Crippen molar-refractivity contribution in [2.75, 3.05) is 19.3 Å². The molecular formula is C13H21N3O3S. The monoisotopic (exact) mass is 299 g/mol. The molecule has 0 bridgehead atoms. The summed E-state index contributed by atoms with van der Waals surface area (Å²) in [5.74, 6) is -0.129. The van der Waals surface area contributed by atoms with Crippen LogP contribution in [0.3, 0.4) is 0 Å². The highest BCUT2D eigenvalue weighted by atomic mass is 32.2. The summed E-state index contributed by atoms with van der Waals surface area (Å²) in [6, 6.07) is 3.52. The maximum atomic E-state index is 11.7. The highest BCUT2D eigenvalue weighted by Gasteiger charge is 2.18. The molecule has 0 fully saturated rings. The minimum Gasteiger partial charge on any atom is -0.356 e. The van der Waals surface area contributed by atoms with Crippen molar-refractivity contribution in [3.05, 3.63) is 30.1 Å². The Morgan fingerprint density at radius 2 is 2.00 bits per heavy atom. The zero-order valence-electron chi connectivity index (χ0n) is 11.9. The van der Waals surface area contributed by atoms with Gasteiger partial charge in [-0.1, -0.05) is 6.92 Å². The SMILES string of the molecule is CCCNC(=O)CCN(Cc1ccncc1)S(C)(=O)=O. The summed E-state index contributed by atoms with van der Waals surface area (Å²) >= 11 is 0. The molecule has 1 amide bonds. The number of sulfonamides is 1. The summed E-state index contributed by atoms with van der Waals surface area (Å²) in [5, 5.41) is 2.73. The predicted molar refractivity (Wildman–Crippen MR) is 77.4 cm³/mol. The van der Waals surface area contributed by atoms with Gasteiger partial charge in [0, 0.05) is 38.4 Å². The number of aromatic nitrogens is 1. The fourth-order valence-corrected chi connectivity index (χ4v) is 2.44. The Hall–Kier alpha value is -1.47. The van der Waals surface area contributed by atoms with Gasteiger partial charge in [0.2, 0.25) is 15.9 Å². The topological polar surface area (TPSA) is 79.4 Å². The van der Waals surface area contributed by atoms with Crippen LogP contribution in [0.1, 0.15) is 25.3 Å². The van der Waals surface area contributed by atoms with Gasteiger partial charge in [-0.15, -0.1) is 0 Å². The quantitative estimate of drug-likeness (QED) is 0.768. The van der Waals surface area contributed by atoms with Crippen LogP contribution in [-0.4, -0.2) is 43.0 Å². The second-order valence-electron chi connectivity index (χ2n) is 4.55. The summed E-state index contributed by atoms with van der Waals surface area (Å²) in [6.07, 6.45) is 5.41. The van der Waals surface area contributed by atoms with Crippen LogP contribution < -0.4 is 5.32 Å². The van der Waals surface area contributed by atoms with Gasteiger partial charge >= 0.3 is 0 Å². The molecule has 7 heteroatoms. The molecule has 0 saturated carbocycles. The summed E-state index contributed by atoms with van der Waals surface area (Å²) in [4.78, 5) is 15.4. The molecule has 0 spiro atoms. The number of hydrogen-bond donors (Lipinski definition) is 1. The van der Waals surface area contributed by atoms with Crippen LogP contribution in [0.2, 0.25) is 0 Å². The third-order valence-corrected chi connectivity index (χ3v) is 3.99. The largest absolute Gasteiger partial charge is 0.356 e. The minimum atomic E-state index is -3.35. The molecule has 0 saturated heterocycles. The lowest BCUT2D eigenvalue weighted by Gasteiger charge is -2.19. The van der Waals surface area contributed by atoms with Crippen molar-refractivity contribution >= 4 is 15.9 Å². The average molecular weight is 299 g/mol. The van der Waals surface area contributed by atoms with E-state index in [4.69, 9.17) is 0 Å². The van der Waals surface area contributed by atoms with Crippen molar-refractivity contribution in [3.8, 4) is 0 Å². The van der Waals surface area contributed by atoms with Crippen LogP contribution in [0.25, 0.3) is 0 Å². The Labute approximate surface area is 120 Å². The van der Waals surface area contributed by atoms with Crippen LogP contribution in [0.15, 0.2) is 24.5 Å². The van der Waals surface area contributed by atoms with E-state index in [9.17, 15) is 13.2 Å². The number of hydrogen-bond acceptors (Lipinski definition) is 4. The van der Waals surface area contributed by atoms with Crippen LogP contribution in [0, 0.1) is 0 Å². The van der Waals surface area contributed by atoms with E-state index in [0.717, 1.165) is 18.2 Å². The predicted octanol–water partition coefficient (Wildman–Crippen LogP) is 0.759. The van der Waals surface area contributed by atoms with Gasteiger partial charge in [0.1, 0.15) is 0 Å². The molecular weight excluding hydrogens is 278 g/mol. The zero-order chi connectivity index (χ0) is 15.0. The first kappa shape index (κ1) is 16.6. The van der Waals surface area contributed by atoms with E-state index in [0.29, 0.717) is 6.54 Å². The number of carbonyl (C=O) groups is 1. The molecule has 1 aromatic rings. The van der Waals surface area contributed by atoms with E-state index in [1.54, 1.807) is 24.5 Å². The third kappa shape index (κ3) is 6.12. The van der Waals surface area contributed by atoms with Crippen LogP contribution in [-0.2, 0) is 21.4 Å². The first-order valence-electron chi connectivity index (χ1n) is 6.54. The molecule has 0 atom stereocenters. The van der Waals surface area contributed by atoms with Crippen LogP contribution >= 0.6 is 0 Å². The molecule has 0 aliphatic heterocycles. The minimum absolute atomic E-state index is 0.129. The number of pyridine rings is 1. The fourth-order valence-electron chi connectivity index (χ4n) is 1.63. The highest BCUT2D eigenvalue weighted by Crippen LogP contribution is 2.08. The number of amides is 1. The lowest BCUT2D eigenvalue weighted by Crippen LogP contribution is -2.34. The average Bonchev–Trinajstić information content (AvgIpc) is 2.41. The molecule has 0 unspecified atom stereocenters. The van der Waals surface area contributed by atoms with E-state index >= 15 is 0 Å². The highest BCUT2D eigenvalue weighted by molar-refractivity contribution is 7.88. The van der Waals surface area contributed by atoms with Crippen molar-refractivity contribution in [2.24, 2.45) is 0 Å². The van der Waals surface area contributed by atoms with Gasteiger partial charge < -0.3 is 5.32 Å².